The molecule has 1 rings (SSSR count). The van der Waals surface area contributed by atoms with E-state index in [1.807, 2.05) is 13.0 Å². The van der Waals surface area contributed by atoms with Crippen LogP contribution in [0.4, 0.5) is 0 Å². The van der Waals surface area contributed by atoms with Crippen molar-refractivity contribution in [3.8, 4) is 11.8 Å². The molecule has 0 aromatic heterocycles. The van der Waals surface area contributed by atoms with E-state index < -0.39 is 5.97 Å². The van der Waals surface area contributed by atoms with Crippen molar-refractivity contribution >= 4 is 22.8 Å². The molecule has 0 saturated carbocycles. The van der Waals surface area contributed by atoms with Crippen molar-refractivity contribution in [2.45, 2.75) is 20.3 Å². The van der Waals surface area contributed by atoms with Crippen molar-refractivity contribution in [2.24, 2.45) is 0 Å². The Bertz CT molecular complexity index is 524. The van der Waals surface area contributed by atoms with Gasteiger partial charge in [-0.25, -0.2) is 4.79 Å². The van der Waals surface area contributed by atoms with E-state index in [1.165, 1.54) is 18.7 Å². The molecule has 18 heavy (non-hydrogen) atoms. The SMILES string of the molecule is CC(=O)SCCC#Cc1c(C)cccc1C(=O)O. The van der Waals surface area contributed by atoms with Gasteiger partial charge in [-0.2, -0.15) is 0 Å². The van der Waals surface area contributed by atoms with Crippen LogP contribution in [0, 0.1) is 18.8 Å². The van der Waals surface area contributed by atoms with Gasteiger partial charge in [0.05, 0.1) is 5.56 Å². The summed E-state index contributed by atoms with van der Waals surface area (Å²) in [6, 6.07) is 5.08. The Morgan fingerprint density at radius 1 is 1.39 bits per heavy atom. The van der Waals surface area contributed by atoms with Gasteiger partial charge in [-0.3, -0.25) is 4.79 Å². The monoisotopic (exact) mass is 262 g/mol. The summed E-state index contributed by atoms with van der Waals surface area (Å²) in [6.45, 7) is 3.35. The van der Waals surface area contributed by atoms with Gasteiger partial charge in [0, 0.05) is 24.7 Å². The highest BCUT2D eigenvalue weighted by molar-refractivity contribution is 8.13. The molecule has 0 spiro atoms. The number of carbonyl (C=O) groups excluding carboxylic acids is 1. The molecule has 0 aliphatic heterocycles. The summed E-state index contributed by atoms with van der Waals surface area (Å²) in [7, 11) is 0. The van der Waals surface area contributed by atoms with Gasteiger partial charge in [0.15, 0.2) is 5.12 Å². The van der Waals surface area contributed by atoms with Gasteiger partial charge >= 0.3 is 5.97 Å². The van der Waals surface area contributed by atoms with E-state index in [9.17, 15) is 9.59 Å². The van der Waals surface area contributed by atoms with Gasteiger partial charge in [0.25, 0.3) is 0 Å². The minimum Gasteiger partial charge on any atom is -0.478 e. The number of rotatable bonds is 3. The van der Waals surface area contributed by atoms with E-state index in [0.29, 0.717) is 17.7 Å². The molecular formula is C14H14O3S. The maximum absolute atomic E-state index is 11.0. The van der Waals surface area contributed by atoms with E-state index in [4.69, 9.17) is 5.11 Å². The molecule has 1 aromatic carbocycles. The van der Waals surface area contributed by atoms with Crippen LogP contribution in [0.25, 0.3) is 0 Å². The van der Waals surface area contributed by atoms with E-state index in [1.54, 1.807) is 12.1 Å². The molecule has 0 radical (unpaired) electrons. The Hall–Kier alpha value is -1.73. The van der Waals surface area contributed by atoms with Crippen LogP contribution >= 0.6 is 11.8 Å². The molecule has 0 amide bonds. The summed E-state index contributed by atoms with van der Waals surface area (Å²) in [5, 5.41) is 9.12. The van der Waals surface area contributed by atoms with Crippen LogP contribution in [0.1, 0.15) is 34.8 Å². The normalized spacial score (nSPS) is 9.44. The second-order valence-electron chi connectivity index (χ2n) is 3.69. The zero-order valence-corrected chi connectivity index (χ0v) is 11.1. The third-order valence-corrected chi connectivity index (χ3v) is 3.06. The Labute approximate surface area is 111 Å². The summed E-state index contributed by atoms with van der Waals surface area (Å²) < 4.78 is 0. The van der Waals surface area contributed by atoms with E-state index in [2.05, 4.69) is 11.8 Å². The number of carbonyl (C=O) groups is 2. The van der Waals surface area contributed by atoms with Crippen molar-refractivity contribution in [3.63, 3.8) is 0 Å². The van der Waals surface area contributed by atoms with E-state index >= 15 is 0 Å². The van der Waals surface area contributed by atoms with Crippen LogP contribution < -0.4 is 0 Å². The van der Waals surface area contributed by atoms with Crippen LogP contribution in [0.2, 0.25) is 0 Å². The smallest absolute Gasteiger partial charge is 0.336 e. The molecule has 0 aliphatic rings. The number of benzene rings is 1. The molecule has 1 aromatic rings. The molecule has 0 unspecified atom stereocenters. The largest absolute Gasteiger partial charge is 0.478 e. The molecular weight excluding hydrogens is 248 g/mol. The van der Waals surface area contributed by atoms with Crippen molar-refractivity contribution in [1.29, 1.82) is 0 Å². The lowest BCUT2D eigenvalue weighted by atomic mass is 10.0. The average Bonchev–Trinajstić information content (AvgIpc) is 2.29. The van der Waals surface area contributed by atoms with E-state index in [-0.39, 0.29) is 10.7 Å². The summed E-state index contributed by atoms with van der Waals surface area (Å²) in [5.41, 5.74) is 1.63. The maximum Gasteiger partial charge on any atom is 0.336 e. The summed E-state index contributed by atoms with van der Waals surface area (Å²) in [6.07, 6.45) is 0.567. The van der Waals surface area contributed by atoms with E-state index in [0.717, 1.165) is 5.56 Å². The van der Waals surface area contributed by atoms with Crippen LogP contribution in [0.5, 0.6) is 0 Å². The number of carboxylic acid groups (broad SMARTS) is 1. The highest BCUT2D eigenvalue weighted by Gasteiger charge is 2.09. The minimum atomic E-state index is -0.971. The van der Waals surface area contributed by atoms with Crippen LogP contribution in [0.3, 0.4) is 0 Å². The zero-order valence-electron chi connectivity index (χ0n) is 10.3. The molecule has 4 heteroatoms. The molecule has 0 bridgehead atoms. The molecule has 3 nitrogen and oxygen atoms in total. The first-order valence-electron chi connectivity index (χ1n) is 5.47. The zero-order chi connectivity index (χ0) is 13.5. The number of hydrogen-bond donors (Lipinski definition) is 1. The van der Waals surface area contributed by atoms with Crippen LogP contribution in [-0.4, -0.2) is 21.9 Å². The third kappa shape index (κ3) is 4.27. The van der Waals surface area contributed by atoms with Gasteiger partial charge in [-0.15, -0.1) is 0 Å². The molecule has 94 valence electrons. The lowest BCUT2D eigenvalue weighted by Crippen LogP contribution is -2.01. The summed E-state index contributed by atoms with van der Waals surface area (Å²) in [5.74, 6) is 5.45. The van der Waals surface area contributed by atoms with Gasteiger partial charge < -0.3 is 5.11 Å². The first kappa shape index (κ1) is 14.3. The van der Waals surface area contributed by atoms with Gasteiger partial charge in [-0.1, -0.05) is 35.7 Å². The Kier molecular flexibility index (Phi) is 5.47. The average molecular weight is 262 g/mol. The molecule has 0 heterocycles. The van der Waals surface area contributed by atoms with Crippen LogP contribution in [0.15, 0.2) is 18.2 Å². The lowest BCUT2D eigenvalue weighted by Gasteiger charge is -2.02. The Morgan fingerprint density at radius 3 is 2.72 bits per heavy atom. The number of aryl methyl sites for hydroxylation is 1. The summed E-state index contributed by atoms with van der Waals surface area (Å²) >= 11 is 1.22. The molecule has 1 N–H and O–H groups in total. The maximum atomic E-state index is 11.0. The fraction of sp³-hybridized carbons (Fsp3) is 0.286. The number of carboxylic acids is 1. The first-order valence-corrected chi connectivity index (χ1v) is 6.46. The van der Waals surface area contributed by atoms with Gasteiger partial charge in [0.1, 0.15) is 0 Å². The number of hydrogen-bond acceptors (Lipinski definition) is 3. The molecule has 0 aliphatic carbocycles. The molecule has 0 fully saturated rings. The highest BCUT2D eigenvalue weighted by Crippen LogP contribution is 2.13. The number of aromatic carboxylic acids is 1. The fourth-order valence-electron chi connectivity index (χ4n) is 1.41. The Balaban J connectivity index is 2.81. The standard InChI is InChI=1S/C14H14O3S/c1-10-6-5-8-13(14(16)17)12(10)7-3-4-9-18-11(2)15/h5-6,8H,4,9H2,1-2H3,(H,16,17). The molecule has 0 saturated heterocycles. The summed E-state index contributed by atoms with van der Waals surface area (Å²) in [4.78, 5) is 21.7. The van der Waals surface area contributed by atoms with Gasteiger partial charge in [0.2, 0.25) is 0 Å². The minimum absolute atomic E-state index is 0.0684. The quantitative estimate of drug-likeness (QED) is 0.672. The fourth-order valence-corrected chi connectivity index (χ4v) is 1.90. The second-order valence-corrected chi connectivity index (χ2v) is 4.97. The van der Waals surface area contributed by atoms with Crippen molar-refractivity contribution in [2.75, 3.05) is 5.75 Å². The Morgan fingerprint density at radius 2 is 2.11 bits per heavy atom. The predicted octanol–water partition coefficient (Wildman–Crippen LogP) is 2.71. The van der Waals surface area contributed by atoms with Gasteiger partial charge in [-0.05, 0) is 18.6 Å². The van der Waals surface area contributed by atoms with Crippen molar-refractivity contribution < 1.29 is 14.7 Å². The first-order chi connectivity index (χ1) is 8.52. The second kappa shape index (κ2) is 6.87. The lowest BCUT2D eigenvalue weighted by molar-refractivity contribution is -0.109. The number of thioether (sulfide) groups is 1. The topological polar surface area (TPSA) is 54.4 Å². The van der Waals surface area contributed by atoms with Crippen LogP contribution in [-0.2, 0) is 4.79 Å². The highest BCUT2D eigenvalue weighted by atomic mass is 32.2. The van der Waals surface area contributed by atoms with Crippen molar-refractivity contribution in [3.05, 3.63) is 34.9 Å². The molecule has 0 atom stereocenters. The van der Waals surface area contributed by atoms with Crippen molar-refractivity contribution in [1.82, 2.24) is 0 Å². The predicted molar refractivity (Wildman–Crippen MR) is 72.8 cm³/mol. The third-order valence-electron chi connectivity index (χ3n) is 2.25.